The molecule has 0 amide bonds. The summed E-state index contributed by atoms with van der Waals surface area (Å²) in [6.07, 6.45) is -3.48. The number of hydrogen-bond acceptors (Lipinski definition) is 7. The number of nitrogens with zero attached hydrogens (tertiary/aromatic N) is 1. The van der Waals surface area contributed by atoms with Gasteiger partial charge in [-0.15, -0.1) is 0 Å². The molecule has 1 aromatic heterocycles. The quantitative estimate of drug-likeness (QED) is 0.249. The third-order valence-electron chi connectivity index (χ3n) is 5.82. The molecular weight excluding hydrogens is 541 g/mol. The number of carboxylic acid groups (broad SMARTS) is 1. The molecule has 0 fully saturated rings. The predicted octanol–water partition coefficient (Wildman–Crippen LogP) is 5.33. The Kier molecular flexibility index (Phi) is 7.48. The summed E-state index contributed by atoms with van der Waals surface area (Å²) in [7, 11) is -2.52. The first-order chi connectivity index (χ1) is 18.3. The number of benzene rings is 3. The van der Waals surface area contributed by atoms with Crippen molar-refractivity contribution in [2.75, 3.05) is 36.1 Å². The van der Waals surface area contributed by atoms with Gasteiger partial charge >= 0.3 is 12.1 Å². The third kappa shape index (κ3) is 5.78. The van der Waals surface area contributed by atoms with Crippen molar-refractivity contribution >= 4 is 44.0 Å². The number of ether oxygens (including phenoxy) is 1. The minimum atomic E-state index is -4.44. The van der Waals surface area contributed by atoms with Gasteiger partial charge in [-0.3, -0.25) is 4.31 Å². The largest absolute Gasteiger partial charge is 0.495 e. The van der Waals surface area contributed by atoms with Gasteiger partial charge in [-0.25, -0.2) is 13.2 Å². The standard InChI is InChI=1S/C26H23F3N2O7S/c1-37-22-13-19-21(14-20(22)31(11-12-32)39(2,35)36)38-24(23(19)25(33)34)15-3-7-17(8-4-15)30-18-9-5-16(6-10-18)26(27,28)29/h3-10,13-14,30,32H,11-12H2,1-2H3,(H,33,34). The zero-order valence-electron chi connectivity index (χ0n) is 20.6. The lowest BCUT2D eigenvalue weighted by Gasteiger charge is -2.23. The number of methoxy groups -OCH3 is 1. The second kappa shape index (κ2) is 10.5. The van der Waals surface area contributed by atoms with E-state index in [9.17, 15) is 36.6 Å². The molecule has 0 aliphatic carbocycles. The lowest BCUT2D eigenvalue weighted by atomic mass is 10.0. The molecule has 4 aromatic rings. The van der Waals surface area contributed by atoms with E-state index < -0.39 is 34.3 Å². The van der Waals surface area contributed by atoms with Gasteiger partial charge in [0.1, 0.15) is 22.7 Å². The molecule has 13 heteroatoms. The first-order valence-corrected chi connectivity index (χ1v) is 13.2. The summed E-state index contributed by atoms with van der Waals surface area (Å²) in [5.41, 5.74) is 0.535. The topological polar surface area (TPSA) is 129 Å². The summed E-state index contributed by atoms with van der Waals surface area (Å²) in [4.78, 5) is 12.2. The fourth-order valence-corrected chi connectivity index (χ4v) is 4.97. The van der Waals surface area contributed by atoms with Crippen LogP contribution >= 0.6 is 0 Å². The lowest BCUT2D eigenvalue weighted by molar-refractivity contribution is -0.137. The van der Waals surface area contributed by atoms with Gasteiger partial charge in [0.2, 0.25) is 10.0 Å². The van der Waals surface area contributed by atoms with Crippen molar-refractivity contribution in [1.82, 2.24) is 0 Å². The second-order valence-electron chi connectivity index (χ2n) is 8.47. The maximum absolute atomic E-state index is 12.8. The van der Waals surface area contributed by atoms with Gasteiger partial charge in [-0.1, -0.05) is 0 Å². The van der Waals surface area contributed by atoms with Crippen LogP contribution in [-0.2, 0) is 16.2 Å². The molecule has 0 radical (unpaired) electrons. The fraction of sp³-hybridized carbons (Fsp3) is 0.192. The van der Waals surface area contributed by atoms with E-state index in [0.717, 1.165) is 22.7 Å². The molecule has 0 aliphatic heterocycles. The van der Waals surface area contributed by atoms with Crippen LogP contribution < -0.4 is 14.4 Å². The summed E-state index contributed by atoms with van der Waals surface area (Å²) >= 11 is 0. The normalized spacial score (nSPS) is 11.9. The predicted molar refractivity (Wildman–Crippen MR) is 139 cm³/mol. The van der Waals surface area contributed by atoms with Crippen LogP contribution in [0.1, 0.15) is 15.9 Å². The van der Waals surface area contributed by atoms with E-state index in [1.807, 2.05) is 0 Å². The fourth-order valence-electron chi connectivity index (χ4n) is 4.06. The molecule has 0 saturated heterocycles. The Hall–Kier alpha value is -4.23. The molecule has 0 saturated carbocycles. The highest BCUT2D eigenvalue weighted by molar-refractivity contribution is 7.92. The summed E-state index contributed by atoms with van der Waals surface area (Å²) in [6.45, 7) is -0.724. The Morgan fingerprint density at radius 1 is 1.05 bits per heavy atom. The van der Waals surface area contributed by atoms with Gasteiger partial charge < -0.3 is 24.7 Å². The molecule has 0 bridgehead atoms. The van der Waals surface area contributed by atoms with E-state index in [4.69, 9.17) is 9.15 Å². The molecule has 39 heavy (non-hydrogen) atoms. The molecule has 3 aromatic carbocycles. The second-order valence-corrected chi connectivity index (χ2v) is 10.4. The van der Waals surface area contributed by atoms with Gasteiger partial charge in [0, 0.05) is 28.4 Å². The number of anilines is 3. The van der Waals surface area contributed by atoms with Crippen LogP contribution in [0.5, 0.6) is 5.75 Å². The number of carboxylic acids is 1. The van der Waals surface area contributed by atoms with Crippen molar-refractivity contribution in [1.29, 1.82) is 0 Å². The summed E-state index contributed by atoms with van der Waals surface area (Å²) in [5.74, 6) is -1.22. The lowest BCUT2D eigenvalue weighted by Crippen LogP contribution is -2.32. The number of hydrogen-bond donors (Lipinski definition) is 3. The van der Waals surface area contributed by atoms with E-state index in [0.29, 0.717) is 16.9 Å². The van der Waals surface area contributed by atoms with E-state index in [1.165, 1.54) is 31.4 Å². The maximum atomic E-state index is 12.8. The highest BCUT2D eigenvalue weighted by Crippen LogP contribution is 2.41. The van der Waals surface area contributed by atoms with Crippen LogP contribution in [0.4, 0.5) is 30.2 Å². The van der Waals surface area contributed by atoms with Gasteiger partial charge in [-0.2, -0.15) is 13.2 Å². The number of sulfonamides is 1. The molecule has 3 N–H and O–H groups in total. The van der Waals surface area contributed by atoms with Crippen molar-refractivity contribution in [2.45, 2.75) is 6.18 Å². The van der Waals surface area contributed by atoms with Gasteiger partial charge in [-0.05, 0) is 54.6 Å². The summed E-state index contributed by atoms with van der Waals surface area (Å²) < 4.78 is 75.2. The number of aromatic carboxylic acids is 1. The molecule has 0 atom stereocenters. The summed E-state index contributed by atoms with van der Waals surface area (Å²) in [5, 5.41) is 22.5. The van der Waals surface area contributed by atoms with Crippen LogP contribution in [0.3, 0.4) is 0 Å². The van der Waals surface area contributed by atoms with Crippen LogP contribution in [0.15, 0.2) is 65.1 Å². The van der Waals surface area contributed by atoms with Gasteiger partial charge in [0.05, 0.1) is 37.8 Å². The number of rotatable bonds is 9. The SMILES string of the molecule is COc1cc2c(C(=O)O)c(-c3ccc(Nc4ccc(C(F)(F)F)cc4)cc3)oc2cc1N(CCO)S(C)(=O)=O. The maximum Gasteiger partial charge on any atom is 0.416 e. The van der Waals surface area contributed by atoms with Crippen LogP contribution in [-0.4, -0.2) is 51.1 Å². The molecule has 0 aliphatic rings. The van der Waals surface area contributed by atoms with Crippen molar-refractivity contribution in [2.24, 2.45) is 0 Å². The third-order valence-corrected chi connectivity index (χ3v) is 7.00. The van der Waals surface area contributed by atoms with Crippen molar-refractivity contribution in [3.8, 4) is 17.1 Å². The molecular formula is C26H23F3N2O7S. The zero-order chi connectivity index (χ0) is 28.5. The number of alkyl halides is 3. The Labute approximate surface area is 221 Å². The number of nitrogens with one attached hydrogen (secondary N) is 1. The van der Waals surface area contributed by atoms with E-state index in [-0.39, 0.29) is 40.3 Å². The minimum Gasteiger partial charge on any atom is -0.495 e. The number of aliphatic hydroxyl groups excluding tert-OH is 1. The molecule has 206 valence electrons. The Morgan fingerprint density at radius 2 is 1.64 bits per heavy atom. The van der Waals surface area contributed by atoms with E-state index >= 15 is 0 Å². The van der Waals surface area contributed by atoms with Crippen LogP contribution in [0, 0.1) is 0 Å². The molecule has 0 spiro atoms. The Bertz CT molecular complexity index is 1610. The summed E-state index contributed by atoms with van der Waals surface area (Å²) in [6, 6.07) is 13.5. The zero-order valence-corrected chi connectivity index (χ0v) is 21.4. The van der Waals surface area contributed by atoms with Crippen LogP contribution in [0.25, 0.3) is 22.3 Å². The van der Waals surface area contributed by atoms with E-state index in [1.54, 1.807) is 24.3 Å². The Morgan fingerprint density at radius 3 is 2.13 bits per heavy atom. The highest BCUT2D eigenvalue weighted by Gasteiger charge is 2.30. The Balaban J connectivity index is 1.73. The monoisotopic (exact) mass is 564 g/mol. The van der Waals surface area contributed by atoms with E-state index in [2.05, 4.69) is 5.32 Å². The van der Waals surface area contributed by atoms with Crippen LogP contribution in [0.2, 0.25) is 0 Å². The number of furan rings is 1. The number of aliphatic hydroxyl groups is 1. The van der Waals surface area contributed by atoms with Crippen molar-refractivity contribution < 1.29 is 45.8 Å². The first kappa shape index (κ1) is 27.8. The average Bonchev–Trinajstić information content (AvgIpc) is 3.24. The number of carbonyl (C=O) groups is 1. The molecule has 9 nitrogen and oxygen atoms in total. The average molecular weight is 565 g/mol. The molecule has 1 heterocycles. The first-order valence-electron chi connectivity index (χ1n) is 11.3. The van der Waals surface area contributed by atoms with Crippen molar-refractivity contribution in [3.63, 3.8) is 0 Å². The molecule has 4 rings (SSSR count). The number of halogens is 3. The smallest absolute Gasteiger partial charge is 0.416 e. The minimum absolute atomic E-state index is 0.00541. The number of fused-ring (bicyclic) bond motifs is 1. The van der Waals surface area contributed by atoms with Gasteiger partial charge in [0.15, 0.2) is 0 Å². The van der Waals surface area contributed by atoms with Crippen molar-refractivity contribution in [3.05, 3.63) is 71.8 Å². The van der Waals surface area contributed by atoms with Gasteiger partial charge in [0.25, 0.3) is 0 Å². The molecule has 0 unspecified atom stereocenters. The highest BCUT2D eigenvalue weighted by atomic mass is 32.2.